The van der Waals surface area contributed by atoms with Gasteiger partial charge in [0.15, 0.2) is 0 Å². The molecule has 0 saturated carbocycles. The highest BCUT2D eigenvalue weighted by Crippen LogP contribution is 2.40. The fourth-order valence-electron chi connectivity index (χ4n) is 8.70. The Bertz CT molecular complexity index is 3250. The molecule has 12 heteroatoms. The van der Waals surface area contributed by atoms with Crippen molar-refractivity contribution in [3.05, 3.63) is 144 Å². The number of hydrogen-bond donors (Lipinski definition) is 6. The molecule has 8 bridgehead atoms. The molecule has 3 aromatic heterocycles. The van der Waals surface area contributed by atoms with E-state index >= 15 is 0 Å². The average Bonchev–Trinajstić information content (AvgIpc) is 4.20. The van der Waals surface area contributed by atoms with Gasteiger partial charge in [-0.15, -0.1) is 0 Å². The highest BCUT2D eigenvalue weighted by atomic mass is 16.2. The molecule has 12 nitrogen and oxygen atoms in total. The quantitative estimate of drug-likeness (QED) is 0.0884. The van der Waals surface area contributed by atoms with Crippen molar-refractivity contribution < 1.29 is 19.2 Å². The van der Waals surface area contributed by atoms with Gasteiger partial charge in [0, 0.05) is 88.7 Å². The first-order valence-electron chi connectivity index (χ1n) is 25.6. The van der Waals surface area contributed by atoms with E-state index in [1.165, 1.54) is 0 Å². The first-order valence-corrected chi connectivity index (χ1v) is 25.6. The van der Waals surface area contributed by atoms with Gasteiger partial charge in [-0.2, -0.15) is 0 Å². The van der Waals surface area contributed by atoms with Crippen molar-refractivity contribution in [2.75, 3.05) is 21.3 Å². The SMILES string of the molecule is CC(C)(C)C(=O)Nc1cccc(-c2c3nc(c(-c4cccc(NC(=O)C(C)(C)C)c4)c4ccc([nH]4)c(-c4cccc(NC(=O)C(C)(C)C)c4)c4nc(c(-c5cccc(NC(=O)C(C)(C)C)c5)c5ccc2[nH]5)C=C4)C=C3)c1. The van der Waals surface area contributed by atoms with E-state index < -0.39 is 21.7 Å². The maximum Gasteiger partial charge on any atom is 0.229 e. The van der Waals surface area contributed by atoms with E-state index in [4.69, 9.17) is 9.97 Å². The smallest absolute Gasteiger partial charge is 0.229 e. The summed E-state index contributed by atoms with van der Waals surface area (Å²) < 4.78 is 0. The third-order valence-corrected chi connectivity index (χ3v) is 13.1. The van der Waals surface area contributed by atoms with Gasteiger partial charge in [-0.3, -0.25) is 19.2 Å². The Morgan fingerprint density at radius 1 is 0.329 bits per heavy atom. The summed E-state index contributed by atoms with van der Waals surface area (Å²) in [5.74, 6) is -0.459. The van der Waals surface area contributed by atoms with Crippen LogP contribution in [0.1, 0.15) is 106 Å². The number of H-pyrrole nitrogens is 2. The van der Waals surface area contributed by atoms with Crippen LogP contribution in [0.5, 0.6) is 0 Å². The van der Waals surface area contributed by atoms with Gasteiger partial charge >= 0.3 is 0 Å². The molecule has 386 valence electrons. The number of rotatable bonds is 8. The minimum Gasteiger partial charge on any atom is -0.354 e. The summed E-state index contributed by atoms with van der Waals surface area (Å²) >= 11 is 0. The van der Waals surface area contributed by atoms with Gasteiger partial charge in [-0.1, -0.05) is 132 Å². The van der Waals surface area contributed by atoms with Crippen LogP contribution in [0.3, 0.4) is 0 Å². The Kier molecular flexibility index (Phi) is 13.7. The number of aromatic amines is 2. The normalized spacial score (nSPS) is 12.6. The van der Waals surface area contributed by atoms with Crippen LogP contribution in [0.25, 0.3) is 90.9 Å². The van der Waals surface area contributed by atoms with Crippen LogP contribution < -0.4 is 21.3 Å². The minimum atomic E-state index is -0.627. The first-order chi connectivity index (χ1) is 35.8. The van der Waals surface area contributed by atoms with Gasteiger partial charge in [-0.25, -0.2) is 9.97 Å². The van der Waals surface area contributed by atoms with Crippen LogP contribution in [0.4, 0.5) is 22.7 Å². The lowest BCUT2D eigenvalue weighted by atomic mass is 9.95. The van der Waals surface area contributed by atoms with Gasteiger partial charge in [0.2, 0.25) is 23.6 Å². The third-order valence-electron chi connectivity index (χ3n) is 13.1. The summed E-state index contributed by atoms with van der Waals surface area (Å²) in [6.45, 7) is 22.6. The highest BCUT2D eigenvalue weighted by Gasteiger charge is 2.26. The molecule has 9 rings (SSSR count). The van der Waals surface area contributed by atoms with E-state index in [9.17, 15) is 19.2 Å². The molecule has 76 heavy (non-hydrogen) atoms. The number of nitrogens with one attached hydrogen (secondary N) is 6. The number of aromatic nitrogens is 4. The van der Waals surface area contributed by atoms with Gasteiger partial charge in [0.25, 0.3) is 0 Å². The number of nitrogens with zero attached hydrogens (tertiary/aromatic N) is 2. The summed E-state index contributed by atoms with van der Waals surface area (Å²) in [5.41, 5.74) is 12.1. The zero-order valence-corrected chi connectivity index (χ0v) is 45.4. The molecule has 7 aromatic rings. The average molecular weight is 1010 g/mol. The van der Waals surface area contributed by atoms with Crippen molar-refractivity contribution in [3.63, 3.8) is 0 Å². The van der Waals surface area contributed by atoms with Crippen molar-refractivity contribution in [3.8, 4) is 44.5 Å². The van der Waals surface area contributed by atoms with Crippen molar-refractivity contribution in [1.29, 1.82) is 0 Å². The standard InChI is InChI=1S/C64H66N8O4/c1-61(2,3)57(73)65-41-21-13-17-37(33-41)53-45-25-27-47(69-45)54(38-18-14-22-42(34-38)66-58(74)62(4,5)6)49-29-31-51(71-49)56(40-20-16-24-44(36-40)68-60(76)64(10,11)12)52-32-30-50(72-52)55(48-28-26-46(53)70-48)39-19-15-23-43(35-39)67-59(75)63(7,8)9/h13-36,69,72H,1-12H3,(H,65,73)(H,66,74)(H,67,75)(H,68,76). The number of benzene rings is 4. The summed E-state index contributed by atoms with van der Waals surface area (Å²) in [6.07, 6.45) is 8.02. The van der Waals surface area contributed by atoms with Crippen molar-refractivity contribution >= 4 is 92.7 Å². The van der Waals surface area contributed by atoms with Crippen LogP contribution in [0.2, 0.25) is 0 Å². The van der Waals surface area contributed by atoms with Gasteiger partial charge in [0.05, 0.1) is 22.8 Å². The second-order valence-corrected chi connectivity index (χ2v) is 23.6. The molecule has 2 aliphatic rings. The molecule has 0 spiro atoms. The number of amides is 4. The molecule has 0 fully saturated rings. The maximum atomic E-state index is 13.4. The second-order valence-electron chi connectivity index (χ2n) is 23.6. The van der Waals surface area contributed by atoms with Crippen LogP contribution >= 0.6 is 0 Å². The zero-order chi connectivity index (χ0) is 54.5. The Balaban J connectivity index is 1.39. The molecular weight excluding hydrogens is 945 g/mol. The number of hydrogen-bond acceptors (Lipinski definition) is 6. The predicted molar refractivity (Wildman–Crippen MR) is 313 cm³/mol. The maximum absolute atomic E-state index is 13.4. The van der Waals surface area contributed by atoms with E-state index in [1.54, 1.807) is 0 Å². The lowest BCUT2D eigenvalue weighted by Gasteiger charge is -2.18. The van der Waals surface area contributed by atoms with Crippen LogP contribution in [0.15, 0.2) is 121 Å². The summed E-state index contributed by atoms with van der Waals surface area (Å²) in [7, 11) is 0. The van der Waals surface area contributed by atoms with Crippen LogP contribution in [0, 0.1) is 21.7 Å². The van der Waals surface area contributed by atoms with Crippen molar-refractivity contribution in [2.24, 2.45) is 21.7 Å². The molecule has 5 heterocycles. The largest absolute Gasteiger partial charge is 0.354 e. The van der Waals surface area contributed by atoms with Gasteiger partial charge in [-0.05, 0) is 119 Å². The molecular formula is C64H66N8O4. The monoisotopic (exact) mass is 1010 g/mol. The molecule has 6 N–H and O–H groups in total. The molecule has 4 aromatic carbocycles. The second kappa shape index (κ2) is 19.9. The molecule has 2 aliphatic heterocycles. The number of anilines is 4. The Labute approximate surface area is 444 Å². The van der Waals surface area contributed by atoms with Gasteiger partial charge < -0.3 is 31.2 Å². The fraction of sp³-hybridized carbons (Fsp3) is 0.250. The Hall–Kier alpha value is -8.64. The van der Waals surface area contributed by atoms with E-state index in [0.29, 0.717) is 45.5 Å². The van der Waals surface area contributed by atoms with Gasteiger partial charge in [0.1, 0.15) is 0 Å². The van der Waals surface area contributed by atoms with E-state index in [2.05, 4.69) is 31.2 Å². The Morgan fingerprint density at radius 2 is 0.539 bits per heavy atom. The lowest BCUT2D eigenvalue weighted by Crippen LogP contribution is -2.27. The molecule has 4 amide bonds. The summed E-state index contributed by atoms with van der Waals surface area (Å²) in [5, 5.41) is 12.5. The molecule has 0 radical (unpaired) electrons. The zero-order valence-electron chi connectivity index (χ0n) is 45.4. The summed E-state index contributed by atoms with van der Waals surface area (Å²) in [4.78, 5) is 72.0. The van der Waals surface area contributed by atoms with E-state index in [-0.39, 0.29) is 23.6 Å². The molecule has 0 unspecified atom stereocenters. The summed E-state index contributed by atoms with van der Waals surface area (Å²) in [6, 6.07) is 39.3. The van der Waals surface area contributed by atoms with E-state index in [0.717, 1.165) is 66.6 Å². The third kappa shape index (κ3) is 11.2. The predicted octanol–water partition coefficient (Wildman–Crippen LogP) is 15.3. The van der Waals surface area contributed by atoms with Crippen LogP contribution in [-0.2, 0) is 19.2 Å². The topological polar surface area (TPSA) is 174 Å². The number of carbonyl (C=O) groups is 4. The number of fused-ring (bicyclic) bond motifs is 8. The fourth-order valence-corrected chi connectivity index (χ4v) is 8.70. The lowest BCUT2D eigenvalue weighted by molar-refractivity contribution is -0.123. The van der Waals surface area contributed by atoms with Crippen molar-refractivity contribution in [1.82, 2.24) is 19.9 Å². The highest BCUT2D eigenvalue weighted by molar-refractivity contribution is 6.03. The van der Waals surface area contributed by atoms with Crippen molar-refractivity contribution in [2.45, 2.75) is 83.1 Å². The first kappa shape index (κ1) is 52.2. The minimum absolute atomic E-state index is 0.115. The Morgan fingerprint density at radius 3 is 0.737 bits per heavy atom. The van der Waals surface area contributed by atoms with Crippen LogP contribution in [-0.4, -0.2) is 43.6 Å². The molecule has 0 atom stereocenters. The number of carbonyl (C=O) groups excluding carboxylic acids is 4. The molecule has 0 aliphatic carbocycles. The van der Waals surface area contributed by atoms with E-state index in [1.807, 2.05) is 229 Å². The molecule has 0 saturated heterocycles.